The van der Waals surface area contributed by atoms with E-state index in [-0.39, 0.29) is 17.9 Å². The van der Waals surface area contributed by atoms with E-state index in [2.05, 4.69) is 0 Å². The fourth-order valence-corrected chi connectivity index (χ4v) is 3.23. The lowest BCUT2D eigenvalue weighted by atomic mass is 10.0. The van der Waals surface area contributed by atoms with Crippen LogP contribution in [0.3, 0.4) is 0 Å². The molecule has 1 aromatic heterocycles. The van der Waals surface area contributed by atoms with E-state index in [1.54, 1.807) is 42.5 Å². The summed E-state index contributed by atoms with van der Waals surface area (Å²) in [6, 6.07) is 19.1. The lowest BCUT2D eigenvalue weighted by Gasteiger charge is -2.14. The Morgan fingerprint density at radius 1 is 0.933 bits per heavy atom. The molecule has 0 fully saturated rings. The zero-order chi connectivity index (χ0) is 21.3. The number of hydrogen-bond acceptors (Lipinski definition) is 3. The van der Waals surface area contributed by atoms with E-state index in [9.17, 15) is 18.0 Å². The molecule has 1 heterocycles. The Balaban J connectivity index is 1.80. The van der Waals surface area contributed by atoms with E-state index in [4.69, 9.17) is 9.15 Å². The highest BCUT2D eigenvalue weighted by atomic mass is 19.4. The second-order valence-electron chi connectivity index (χ2n) is 6.94. The first-order chi connectivity index (χ1) is 14.3. The highest BCUT2D eigenvalue weighted by Gasteiger charge is 2.30. The molecule has 0 atom stereocenters. The van der Waals surface area contributed by atoms with Crippen molar-refractivity contribution in [3.63, 3.8) is 0 Å². The first-order valence-corrected chi connectivity index (χ1v) is 9.25. The molecule has 0 amide bonds. The van der Waals surface area contributed by atoms with Gasteiger partial charge in [-0.2, -0.15) is 13.2 Å². The normalized spacial score (nSPS) is 11.6. The molecule has 0 N–H and O–H groups in total. The minimum Gasteiger partial charge on any atom is -0.487 e. The number of fused-ring (bicyclic) bond motifs is 1. The number of para-hydroxylation sites is 1. The van der Waals surface area contributed by atoms with Gasteiger partial charge in [0.25, 0.3) is 0 Å². The number of aryl methyl sites for hydroxylation is 1. The molecule has 3 nitrogen and oxygen atoms in total. The van der Waals surface area contributed by atoms with Gasteiger partial charge in [0.05, 0.1) is 10.9 Å². The summed E-state index contributed by atoms with van der Waals surface area (Å²) in [5, 5.41) is 0.569. The second kappa shape index (κ2) is 7.71. The van der Waals surface area contributed by atoms with Crippen molar-refractivity contribution >= 4 is 11.0 Å². The van der Waals surface area contributed by atoms with Gasteiger partial charge in [-0.1, -0.05) is 54.1 Å². The van der Waals surface area contributed by atoms with Crippen molar-refractivity contribution in [2.45, 2.75) is 19.7 Å². The Morgan fingerprint density at radius 2 is 1.67 bits per heavy atom. The van der Waals surface area contributed by atoms with Crippen molar-refractivity contribution < 1.29 is 22.3 Å². The van der Waals surface area contributed by atoms with Gasteiger partial charge < -0.3 is 9.15 Å². The van der Waals surface area contributed by atoms with Crippen LogP contribution in [0.2, 0.25) is 0 Å². The Hall–Kier alpha value is -3.54. The predicted molar refractivity (Wildman–Crippen MR) is 108 cm³/mol. The second-order valence-corrected chi connectivity index (χ2v) is 6.94. The van der Waals surface area contributed by atoms with E-state index in [1.807, 2.05) is 19.1 Å². The maximum absolute atomic E-state index is 13.0. The largest absolute Gasteiger partial charge is 0.487 e. The number of alkyl halides is 3. The SMILES string of the molecule is Cc1ccc(-c2c(OCc3cccc(C(F)(F)F)c3)c3ccccc3oc2=O)cc1. The average molecular weight is 410 g/mol. The maximum atomic E-state index is 13.0. The fraction of sp³-hybridized carbons (Fsp3) is 0.125. The number of halogens is 3. The molecule has 0 bridgehead atoms. The third kappa shape index (κ3) is 3.94. The molecule has 152 valence electrons. The molecule has 0 saturated heterocycles. The third-order valence-electron chi connectivity index (χ3n) is 4.74. The topological polar surface area (TPSA) is 39.4 Å². The van der Waals surface area contributed by atoms with Crippen LogP contribution in [-0.2, 0) is 12.8 Å². The van der Waals surface area contributed by atoms with Gasteiger partial charge in [0.15, 0.2) is 0 Å². The van der Waals surface area contributed by atoms with Crippen molar-refractivity contribution in [1.82, 2.24) is 0 Å². The van der Waals surface area contributed by atoms with Crippen LogP contribution < -0.4 is 10.4 Å². The van der Waals surface area contributed by atoms with Crippen molar-refractivity contribution in [2.24, 2.45) is 0 Å². The summed E-state index contributed by atoms with van der Waals surface area (Å²) in [4.78, 5) is 12.7. The van der Waals surface area contributed by atoms with Crippen molar-refractivity contribution in [2.75, 3.05) is 0 Å². The quantitative estimate of drug-likeness (QED) is 0.367. The van der Waals surface area contributed by atoms with E-state index < -0.39 is 17.4 Å². The van der Waals surface area contributed by atoms with Gasteiger partial charge in [-0.05, 0) is 42.3 Å². The molecule has 3 aromatic carbocycles. The minimum atomic E-state index is -4.44. The van der Waals surface area contributed by atoms with Gasteiger partial charge in [-0.15, -0.1) is 0 Å². The van der Waals surface area contributed by atoms with E-state index >= 15 is 0 Å². The molecular weight excluding hydrogens is 393 g/mol. The molecule has 4 rings (SSSR count). The van der Waals surface area contributed by atoms with Gasteiger partial charge in [0.1, 0.15) is 23.5 Å². The molecule has 0 radical (unpaired) electrons. The number of rotatable bonds is 4. The molecule has 0 saturated carbocycles. The van der Waals surface area contributed by atoms with Crippen LogP contribution in [0.15, 0.2) is 82.0 Å². The van der Waals surface area contributed by atoms with Gasteiger partial charge in [-0.3, -0.25) is 0 Å². The van der Waals surface area contributed by atoms with E-state index in [0.29, 0.717) is 22.1 Å². The zero-order valence-electron chi connectivity index (χ0n) is 16.0. The number of hydrogen-bond donors (Lipinski definition) is 0. The summed E-state index contributed by atoms with van der Waals surface area (Å²) < 4.78 is 50.4. The van der Waals surface area contributed by atoms with Gasteiger partial charge in [-0.25, -0.2) is 4.79 Å². The summed E-state index contributed by atoms with van der Waals surface area (Å²) in [5.41, 5.74) is 1.24. The van der Waals surface area contributed by atoms with E-state index in [0.717, 1.165) is 17.7 Å². The molecule has 0 spiro atoms. The summed E-state index contributed by atoms with van der Waals surface area (Å²) in [6.07, 6.45) is -4.44. The predicted octanol–water partition coefficient (Wildman–Crippen LogP) is 6.37. The Kier molecular flexibility index (Phi) is 5.08. The van der Waals surface area contributed by atoms with Crippen LogP contribution in [0.25, 0.3) is 22.1 Å². The minimum absolute atomic E-state index is 0.129. The Labute approximate surface area is 170 Å². The molecule has 0 aliphatic rings. The van der Waals surface area contributed by atoms with Crippen LogP contribution in [0.4, 0.5) is 13.2 Å². The molecule has 6 heteroatoms. The Morgan fingerprint density at radius 3 is 2.40 bits per heavy atom. The average Bonchev–Trinajstić information content (AvgIpc) is 2.72. The highest BCUT2D eigenvalue weighted by Crippen LogP contribution is 2.35. The van der Waals surface area contributed by atoms with Crippen molar-refractivity contribution in [3.8, 4) is 16.9 Å². The first-order valence-electron chi connectivity index (χ1n) is 9.25. The summed E-state index contributed by atoms with van der Waals surface area (Å²) in [6.45, 7) is 1.80. The molecule has 30 heavy (non-hydrogen) atoms. The molecule has 4 aromatic rings. The summed E-state index contributed by atoms with van der Waals surface area (Å²) in [5.74, 6) is 0.281. The first kappa shape index (κ1) is 19.8. The standard InChI is InChI=1S/C24H17F3O3/c1-15-9-11-17(12-10-15)21-22(19-7-2-3-8-20(19)30-23(21)28)29-14-16-5-4-6-18(13-16)24(25,26)27/h2-13H,14H2,1H3. The smallest absolute Gasteiger partial charge is 0.416 e. The van der Waals surface area contributed by atoms with Crippen LogP contribution in [0, 0.1) is 6.92 Å². The molecular formula is C24H17F3O3. The summed E-state index contributed by atoms with van der Waals surface area (Å²) >= 11 is 0. The Bertz CT molecular complexity index is 1260. The van der Waals surface area contributed by atoms with Crippen molar-refractivity contribution in [1.29, 1.82) is 0 Å². The third-order valence-corrected chi connectivity index (χ3v) is 4.74. The van der Waals surface area contributed by atoms with Crippen LogP contribution in [-0.4, -0.2) is 0 Å². The van der Waals surface area contributed by atoms with Crippen LogP contribution in [0.5, 0.6) is 5.75 Å². The summed E-state index contributed by atoms with van der Waals surface area (Å²) in [7, 11) is 0. The van der Waals surface area contributed by atoms with Crippen molar-refractivity contribution in [3.05, 3.63) is 99.9 Å². The van der Waals surface area contributed by atoms with Crippen LogP contribution >= 0.6 is 0 Å². The highest BCUT2D eigenvalue weighted by molar-refractivity contribution is 5.90. The van der Waals surface area contributed by atoms with Gasteiger partial charge in [0, 0.05) is 0 Å². The lowest BCUT2D eigenvalue weighted by Crippen LogP contribution is -2.09. The molecule has 0 aliphatic heterocycles. The zero-order valence-corrected chi connectivity index (χ0v) is 16.0. The maximum Gasteiger partial charge on any atom is 0.416 e. The molecule has 0 aliphatic carbocycles. The number of ether oxygens (including phenoxy) is 1. The van der Waals surface area contributed by atoms with E-state index in [1.165, 1.54) is 6.07 Å². The lowest BCUT2D eigenvalue weighted by molar-refractivity contribution is -0.137. The molecule has 0 unspecified atom stereocenters. The number of benzene rings is 3. The fourth-order valence-electron chi connectivity index (χ4n) is 3.23. The monoisotopic (exact) mass is 410 g/mol. The van der Waals surface area contributed by atoms with Crippen LogP contribution in [0.1, 0.15) is 16.7 Å². The van der Waals surface area contributed by atoms with Gasteiger partial charge in [0.2, 0.25) is 0 Å². The van der Waals surface area contributed by atoms with Gasteiger partial charge >= 0.3 is 11.8 Å².